The van der Waals surface area contributed by atoms with Gasteiger partial charge in [-0.05, 0) is 6.54 Å². The summed E-state index contributed by atoms with van der Waals surface area (Å²) in [5.74, 6) is -0.539. The van der Waals surface area contributed by atoms with Crippen molar-refractivity contribution in [2.24, 2.45) is 5.73 Å². The van der Waals surface area contributed by atoms with E-state index in [-0.39, 0.29) is 12.2 Å². The molecule has 0 saturated carbocycles. The van der Waals surface area contributed by atoms with E-state index in [0.717, 1.165) is 0 Å². The number of rotatable bonds is 5. The monoisotopic (exact) mass is 237 g/mol. The number of nitrogens with zero attached hydrogens (tertiary/aromatic N) is 4. The van der Waals surface area contributed by atoms with Crippen LogP contribution in [0, 0.1) is 0 Å². The van der Waals surface area contributed by atoms with Gasteiger partial charge in [0.15, 0.2) is 11.5 Å². The minimum Gasteiger partial charge on any atom is -0.476 e. The predicted octanol–water partition coefficient (Wildman–Crippen LogP) is -0.486. The van der Waals surface area contributed by atoms with Crippen LogP contribution in [0.2, 0.25) is 0 Å². The smallest absolute Gasteiger partial charge is 0.358 e. The van der Waals surface area contributed by atoms with Crippen molar-refractivity contribution < 1.29 is 14.4 Å². The zero-order valence-electron chi connectivity index (χ0n) is 8.91. The van der Waals surface area contributed by atoms with Gasteiger partial charge in [0, 0.05) is 12.5 Å². The van der Waals surface area contributed by atoms with E-state index < -0.39 is 5.97 Å². The number of aromatic nitrogens is 4. The molecular weight excluding hydrogens is 226 g/mol. The molecule has 0 aliphatic carbocycles. The van der Waals surface area contributed by atoms with Crippen molar-refractivity contribution in [2.75, 3.05) is 6.54 Å². The number of nitrogens with two attached hydrogens (primary N) is 1. The van der Waals surface area contributed by atoms with Crippen molar-refractivity contribution in [3.8, 4) is 0 Å². The van der Waals surface area contributed by atoms with E-state index in [4.69, 9.17) is 15.4 Å². The van der Waals surface area contributed by atoms with E-state index in [1.807, 2.05) is 0 Å². The summed E-state index contributed by atoms with van der Waals surface area (Å²) in [5, 5.41) is 19.9. The first-order chi connectivity index (χ1) is 8.22. The first-order valence-electron chi connectivity index (χ1n) is 4.97. The van der Waals surface area contributed by atoms with Gasteiger partial charge in [0.05, 0.1) is 11.9 Å². The number of hydrogen-bond donors (Lipinski definition) is 2. The Morgan fingerprint density at radius 2 is 2.41 bits per heavy atom. The topological polar surface area (TPSA) is 120 Å². The van der Waals surface area contributed by atoms with E-state index in [9.17, 15) is 4.79 Å². The highest BCUT2D eigenvalue weighted by Gasteiger charge is 2.18. The molecule has 0 unspecified atom stereocenters. The normalized spacial score (nSPS) is 10.6. The lowest BCUT2D eigenvalue weighted by molar-refractivity contribution is 0.0689. The Bertz CT molecular complexity index is 505. The fourth-order valence-electron chi connectivity index (χ4n) is 1.48. The first-order valence-corrected chi connectivity index (χ1v) is 4.97. The minimum atomic E-state index is -1.11. The van der Waals surface area contributed by atoms with Crippen LogP contribution in [0.15, 0.2) is 16.8 Å². The molecule has 8 nitrogen and oxygen atoms in total. The third-order valence-electron chi connectivity index (χ3n) is 2.22. The molecule has 0 fully saturated rings. The molecule has 0 radical (unpaired) electrons. The zero-order chi connectivity index (χ0) is 12.3. The van der Waals surface area contributed by atoms with Gasteiger partial charge in [-0.1, -0.05) is 10.4 Å². The second-order valence-corrected chi connectivity index (χ2v) is 3.36. The molecule has 3 N–H and O–H groups in total. The number of carboxylic acids is 1. The van der Waals surface area contributed by atoms with Crippen molar-refractivity contribution in [1.82, 2.24) is 20.2 Å². The highest BCUT2D eigenvalue weighted by atomic mass is 16.5. The van der Waals surface area contributed by atoms with Crippen LogP contribution in [0.25, 0.3) is 0 Å². The van der Waals surface area contributed by atoms with E-state index in [1.54, 1.807) is 6.07 Å². The van der Waals surface area contributed by atoms with Crippen LogP contribution in [0.1, 0.15) is 21.9 Å². The average Bonchev–Trinajstić information content (AvgIpc) is 2.90. The van der Waals surface area contributed by atoms with Gasteiger partial charge in [0.2, 0.25) is 0 Å². The average molecular weight is 237 g/mol. The highest BCUT2D eigenvalue weighted by Crippen LogP contribution is 2.09. The fourth-order valence-corrected chi connectivity index (χ4v) is 1.48. The first kappa shape index (κ1) is 11.3. The van der Waals surface area contributed by atoms with Crippen LogP contribution in [0.4, 0.5) is 0 Å². The summed E-state index contributed by atoms with van der Waals surface area (Å²) in [6.07, 6.45) is 1.90. The van der Waals surface area contributed by atoms with Gasteiger partial charge in [-0.15, -0.1) is 5.10 Å². The molecule has 2 aromatic heterocycles. The highest BCUT2D eigenvalue weighted by molar-refractivity contribution is 5.86. The van der Waals surface area contributed by atoms with Gasteiger partial charge in [0.1, 0.15) is 6.54 Å². The molecule has 17 heavy (non-hydrogen) atoms. The molecule has 2 heterocycles. The maximum Gasteiger partial charge on any atom is 0.358 e. The number of carboxylic acid groups (broad SMARTS) is 1. The maximum atomic E-state index is 10.9. The summed E-state index contributed by atoms with van der Waals surface area (Å²) in [5.41, 5.74) is 5.84. The molecule has 90 valence electrons. The molecule has 0 amide bonds. The maximum absolute atomic E-state index is 10.9. The fraction of sp³-hybridized carbons (Fsp3) is 0.333. The Kier molecular flexibility index (Phi) is 3.15. The van der Waals surface area contributed by atoms with Crippen LogP contribution in [0.5, 0.6) is 0 Å². The van der Waals surface area contributed by atoms with Gasteiger partial charge < -0.3 is 15.4 Å². The van der Waals surface area contributed by atoms with Crippen molar-refractivity contribution in [1.29, 1.82) is 0 Å². The molecule has 2 rings (SSSR count). The molecule has 0 saturated heterocycles. The van der Waals surface area contributed by atoms with Gasteiger partial charge >= 0.3 is 5.97 Å². The molecule has 8 heteroatoms. The second kappa shape index (κ2) is 4.74. The van der Waals surface area contributed by atoms with E-state index in [2.05, 4.69) is 15.5 Å². The molecule has 2 aromatic rings. The summed E-state index contributed by atoms with van der Waals surface area (Å²) in [4.78, 5) is 10.9. The Morgan fingerprint density at radius 3 is 3.00 bits per heavy atom. The van der Waals surface area contributed by atoms with Crippen molar-refractivity contribution in [2.45, 2.75) is 13.0 Å². The Labute approximate surface area is 96.0 Å². The van der Waals surface area contributed by atoms with Crippen LogP contribution in [0.3, 0.4) is 0 Å². The van der Waals surface area contributed by atoms with Crippen LogP contribution < -0.4 is 5.73 Å². The molecule has 0 atom stereocenters. The van der Waals surface area contributed by atoms with Crippen molar-refractivity contribution in [3.63, 3.8) is 0 Å². The van der Waals surface area contributed by atoms with Gasteiger partial charge in [0.25, 0.3) is 0 Å². The molecular formula is C9H11N5O3. The lowest BCUT2D eigenvalue weighted by Crippen LogP contribution is -2.13. The Morgan fingerprint density at radius 1 is 1.59 bits per heavy atom. The summed E-state index contributed by atoms with van der Waals surface area (Å²) in [6.45, 7) is 0.611. The van der Waals surface area contributed by atoms with E-state index in [0.29, 0.717) is 24.4 Å². The Balaban J connectivity index is 2.30. The number of hydrogen-bond acceptors (Lipinski definition) is 6. The lowest BCUT2D eigenvalue weighted by Gasteiger charge is -2.03. The van der Waals surface area contributed by atoms with Gasteiger partial charge in [-0.3, -0.25) is 0 Å². The van der Waals surface area contributed by atoms with Crippen LogP contribution in [-0.2, 0) is 13.0 Å². The van der Waals surface area contributed by atoms with Crippen LogP contribution >= 0.6 is 0 Å². The summed E-state index contributed by atoms with van der Waals surface area (Å²) in [6, 6.07) is 1.67. The third kappa shape index (κ3) is 2.31. The molecule has 0 bridgehead atoms. The van der Waals surface area contributed by atoms with Gasteiger partial charge in [-0.25, -0.2) is 9.48 Å². The SMILES string of the molecule is NCCc1c(C(=O)O)nnn1Cc1ccno1. The third-order valence-corrected chi connectivity index (χ3v) is 2.22. The molecule has 0 aromatic carbocycles. The standard InChI is InChI=1S/C9H11N5O3/c10-3-1-7-8(9(15)16)12-13-14(7)5-6-2-4-11-17-6/h2,4H,1,3,5,10H2,(H,15,16). The van der Waals surface area contributed by atoms with Crippen molar-refractivity contribution in [3.05, 3.63) is 29.4 Å². The minimum absolute atomic E-state index is 0.0741. The largest absolute Gasteiger partial charge is 0.476 e. The summed E-state index contributed by atoms with van der Waals surface area (Å²) < 4.78 is 6.38. The number of aromatic carboxylic acids is 1. The summed E-state index contributed by atoms with van der Waals surface area (Å²) >= 11 is 0. The second-order valence-electron chi connectivity index (χ2n) is 3.36. The van der Waals surface area contributed by atoms with Crippen LogP contribution in [-0.4, -0.2) is 37.8 Å². The van der Waals surface area contributed by atoms with Crippen molar-refractivity contribution >= 4 is 5.97 Å². The van der Waals surface area contributed by atoms with E-state index >= 15 is 0 Å². The quantitative estimate of drug-likeness (QED) is 0.720. The molecule has 0 spiro atoms. The van der Waals surface area contributed by atoms with Gasteiger partial charge in [-0.2, -0.15) is 0 Å². The molecule has 0 aliphatic heterocycles. The zero-order valence-corrected chi connectivity index (χ0v) is 8.91. The van der Waals surface area contributed by atoms with E-state index in [1.165, 1.54) is 10.9 Å². The summed E-state index contributed by atoms with van der Waals surface area (Å²) in [7, 11) is 0. The lowest BCUT2D eigenvalue weighted by atomic mass is 10.2. The predicted molar refractivity (Wildman–Crippen MR) is 55.3 cm³/mol. The Hall–Kier alpha value is -2.22. The molecule has 0 aliphatic rings. The number of carbonyl (C=O) groups is 1.